The lowest BCUT2D eigenvalue weighted by Crippen LogP contribution is -2.17. The summed E-state index contributed by atoms with van der Waals surface area (Å²) < 4.78 is 9.39. The van der Waals surface area contributed by atoms with Gasteiger partial charge in [0.2, 0.25) is 10.3 Å². The minimum absolute atomic E-state index is 0.0823. The fraction of sp³-hybridized carbons (Fsp3) is 0.290. The van der Waals surface area contributed by atoms with Crippen molar-refractivity contribution in [2.45, 2.75) is 67.6 Å². The molecule has 8 nitrogen and oxygen atoms in total. The van der Waals surface area contributed by atoms with Crippen LogP contribution in [0.15, 0.2) is 114 Å². The van der Waals surface area contributed by atoms with E-state index < -0.39 is 6.10 Å². The summed E-state index contributed by atoms with van der Waals surface area (Å²) in [5, 5.41) is 19.6. The molecule has 3 aromatic carbocycles. The highest BCUT2D eigenvalue weighted by molar-refractivity contribution is 7.98. The van der Waals surface area contributed by atoms with Crippen LogP contribution in [0.25, 0.3) is 0 Å². The summed E-state index contributed by atoms with van der Waals surface area (Å²) in [7, 11) is 0. The molecular formula is C31H36N6O2S2. The molecule has 2 heterocycles. The van der Waals surface area contributed by atoms with Gasteiger partial charge in [0.15, 0.2) is 0 Å². The topological polar surface area (TPSA) is 90.9 Å². The molecule has 10 heteroatoms. The number of hydrogen-bond donors (Lipinski definition) is 1. The predicted octanol–water partition coefficient (Wildman–Crippen LogP) is 6.13. The Balaban J connectivity index is 0.000000201. The molecule has 0 unspecified atom stereocenters. The zero-order chi connectivity index (χ0) is 28.7. The Bertz CT molecular complexity index is 1400. The van der Waals surface area contributed by atoms with Crippen molar-refractivity contribution in [3.8, 4) is 0 Å². The lowest BCUT2D eigenvalue weighted by molar-refractivity contribution is 0.0393. The Hall–Kier alpha value is -3.44. The second-order valence-electron chi connectivity index (χ2n) is 9.50. The molecule has 0 aliphatic rings. The number of benzene rings is 3. The van der Waals surface area contributed by atoms with Gasteiger partial charge in [-0.05, 0) is 30.5 Å². The fourth-order valence-electron chi connectivity index (χ4n) is 3.71. The van der Waals surface area contributed by atoms with Crippen LogP contribution in [0.2, 0.25) is 0 Å². The van der Waals surface area contributed by atoms with Gasteiger partial charge in [0.25, 0.3) is 0 Å². The molecule has 0 saturated carbocycles. The van der Waals surface area contributed by atoms with Gasteiger partial charge < -0.3 is 9.84 Å². The number of aromatic nitrogens is 6. The molecule has 0 saturated heterocycles. The van der Waals surface area contributed by atoms with E-state index in [9.17, 15) is 5.11 Å². The van der Waals surface area contributed by atoms with Crippen molar-refractivity contribution in [3.05, 3.63) is 120 Å². The maximum Gasteiger partial charge on any atom is 0.208 e. The van der Waals surface area contributed by atoms with E-state index in [1.165, 1.54) is 16.7 Å². The van der Waals surface area contributed by atoms with Gasteiger partial charge in [0.05, 0.1) is 31.9 Å². The molecule has 0 aliphatic heterocycles. The quantitative estimate of drug-likeness (QED) is 0.164. The van der Waals surface area contributed by atoms with Crippen molar-refractivity contribution in [2.24, 2.45) is 0 Å². The van der Waals surface area contributed by atoms with Crippen LogP contribution in [0.4, 0.5) is 0 Å². The third kappa shape index (κ3) is 11.5. The van der Waals surface area contributed by atoms with Gasteiger partial charge in [-0.1, -0.05) is 115 Å². The molecule has 0 spiro atoms. The van der Waals surface area contributed by atoms with Crippen molar-refractivity contribution >= 4 is 23.5 Å². The van der Waals surface area contributed by atoms with Gasteiger partial charge in [-0.15, -0.1) is 10.2 Å². The molecule has 2 aromatic heterocycles. The van der Waals surface area contributed by atoms with Crippen molar-refractivity contribution in [1.29, 1.82) is 0 Å². The molecule has 1 N–H and O–H groups in total. The molecule has 2 atom stereocenters. The fourth-order valence-corrected chi connectivity index (χ4v) is 5.25. The molecule has 0 aliphatic carbocycles. The molecule has 5 aromatic rings. The molecule has 0 radical (unpaired) electrons. The lowest BCUT2D eigenvalue weighted by Gasteiger charge is -2.12. The van der Waals surface area contributed by atoms with Crippen molar-refractivity contribution in [2.75, 3.05) is 0 Å². The van der Waals surface area contributed by atoms with E-state index in [0.29, 0.717) is 19.7 Å². The van der Waals surface area contributed by atoms with Crippen LogP contribution in [0.1, 0.15) is 30.5 Å². The van der Waals surface area contributed by atoms with E-state index in [2.05, 4.69) is 63.5 Å². The SMILES string of the molecule is C[C@@H](O)Cn1cnc(SCc2ccccc2)n1.C[C@H](Cn1cnc(SCc2ccccc2)n1)OCc1ccccc1. The summed E-state index contributed by atoms with van der Waals surface area (Å²) in [6, 6.07) is 30.8. The van der Waals surface area contributed by atoms with Gasteiger partial charge in [-0.25, -0.2) is 19.3 Å². The smallest absolute Gasteiger partial charge is 0.208 e. The average Bonchev–Trinajstić information content (AvgIpc) is 3.64. The van der Waals surface area contributed by atoms with E-state index in [-0.39, 0.29) is 6.10 Å². The first-order valence-corrected chi connectivity index (χ1v) is 15.5. The molecule has 0 fully saturated rings. The largest absolute Gasteiger partial charge is 0.391 e. The first kappa shape index (κ1) is 30.5. The summed E-state index contributed by atoms with van der Waals surface area (Å²) in [5.41, 5.74) is 3.71. The highest BCUT2D eigenvalue weighted by atomic mass is 32.2. The Kier molecular flexibility index (Phi) is 12.5. The van der Waals surface area contributed by atoms with Gasteiger partial charge in [-0.2, -0.15) is 0 Å². The van der Waals surface area contributed by atoms with Crippen molar-refractivity contribution in [3.63, 3.8) is 0 Å². The lowest BCUT2D eigenvalue weighted by atomic mass is 10.2. The monoisotopic (exact) mass is 588 g/mol. The summed E-state index contributed by atoms with van der Waals surface area (Å²) in [4.78, 5) is 8.55. The van der Waals surface area contributed by atoms with Crippen LogP contribution >= 0.6 is 23.5 Å². The Morgan fingerprint density at radius 3 is 1.56 bits per heavy atom. The van der Waals surface area contributed by atoms with E-state index >= 15 is 0 Å². The maximum atomic E-state index is 9.23. The van der Waals surface area contributed by atoms with Gasteiger partial charge in [-0.3, -0.25) is 0 Å². The van der Waals surface area contributed by atoms with Crippen LogP contribution in [0.3, 0.4) is 0 Å². The van der Waals surface area contributed by atoms with Crippen LogP contribution in [-0.2, 0) is 35.9 Å². The number of thioether (sulfide) groups is 2. The molecule has 0 bridgehead atoms. The number of aliphatic hydroxyl groups excluding tert-OH is 1. The number of aliphatic hydroxyl groups is 1. The Morgan fingerprint density at radius 1 is 0.659 bits per heavy atom. The van der Waals surface area contributed by atoms with Gasteiger partial charge in [0.1, 0.15) is 12.7 Å². The van der Waals surface area contributed by atoms with Crippen LogP contribution < -0.4 is 0 Å². The Labute approximate surface area is 250 Å². The predicted molar refractivity (Wildman–Crippen MR) is 164 cm³/mol. The molecule has 214 valence electrons. The zero-order valence-corrected chi connectivity index (χ0v) is 25.0. The average molecular weight is 589 g/mol. The number of hydrogen-bond acceptors (Lipinski definition) is 8. The van der Waals surface area contributed by atoms with Crippen LogP contribution in [0.5, 0.6) is 0 Å². The highest BCUT2D eigenvalue weighted by Gasteiger charge is 2.08. The van der Waals surface area contributed by atoms with Crippen LogP contribution in [0, 0.1) is 0 Å². The zero-order valence-electron chi connectivity index (χ0n) is 23.4. The van der Waals surface area contributed by atoms with Crippen molar-refractivity contribution < 1.29 is 9.84 Å². The third-order valence-corrected chi connectivity index (χ3v) is 7.57. The van der Waals surface area contributed by atoms with E-state index in [4.69, 9.17) is 4.74 Å². The summed E-state index contributed by atoms with van der Waals surface area (Å²) in [6.45, 7) is 5.59. The van der Waals surface area contributed by atoms with E-state index in [0.717, 1.165) is 21.8 Å². The minimum Gasteiger partial charge on any atom is -0.391 e. The number of nitrogens with zero attached hydrogens (tertiary/aromatic N) is 6. The minimum atomic E-state index is -0.399. The van der Waals surface area contributed by atoms with Gasteiger partial charge in [0, 0.05) is 11.5 Å². The van der Waals surface area contributed by atoms with E-state index in [1.54, 1.807) is 47.8 Å². The summed E-state index contributed by atoms with van der Waals surface area (Å²) >= 11 is 3.24. The molecule has 0 amide bonds. The van der Waals surface area contributed by atoms with Crippen LogP contribution in [-0.4, -0.2) is 46.8 Å². The summed E-state index contributed by atoms with van der Waals surface area (Å²) in [5.74, 6) is 1.74. The third-order valence-electron chi connectivity index (χ3n) is 5.73. The Morgan fingerprint density at radius 2 is 1.10 bits per heavy atom. The molecule has 5 rings (SSSR count). The standard InChI is InChI=1S/C19H21N3OS.C12H15N3OS/c1-16(23-13-17-8-4-2-5-9-17)12-22-15-20-19(21-22)24-14-18-10-6-3-7-11-18;1-10(16)7-15-9-13-12(14-15)17-8-11-5-3-2-4-6-11/h2-11,15-16H,12-14H2,1H3;2-6,9-10,16H,7-8H2,1H3/t16-;10-/m11/s1. The highest BCUT2D eigenvalue weighted by Crippen LogP contribution is 2.19. The first-order valence-electron chi connectivity index (χ1n) is 13.5. The second kappa shape index (κ2) is 16.7. The van der Waals surface area contributed by atoms with Gasteiger partial charge >= 0.3 is 0 Å². The van der Waals surface area contributed by atoms with Crippen molar-refractivity contribution in [1.82, 2.24) is 29.5 Å². The maximum absolute atomic E-state index is 9.23. The van der Waals surface area contributed by atoms with E-state index in [1.807, 2.05) is 59.3 Å². The number of rotatable bonds is 13. The normalized spacial score (nSPS) is 12.4. The second-order valence-corrected chi connectivity index (χ2v) is 11.4. The molecule has 41 heavy (non-hydrogen) atoms. The first-order chi connectivity index (χ1) is 20.0. The molecular weight excluding hydrogens is 553 g/mol. The number of ether oxygens (including phenoxy) is 1. The summed E-state index contributed by atoms with van der Waals surface area (Å²) in [6.07, 6.45) is 3.11.